The van der Waals surface area contributed by atoms with Crippen molar-refractivity contribution in [3.8, 4) is 0 Å². The first-order chi connectivity index (χ1) is 7.24. The lowest BCUT2D eigenvalue weighted by Crippen LogP contribution is -2.01. The monoisotopic (exact) mass is 222 g/mol. The molecule has 3 heteroatoms. The lowest BCUT2D eigenvalue weighted by molar-refractivity contribution is -0.129. The Hall–Kier alpha value is -1.22. The van der Waals surface area contributed by atoms with Gasteiger partial charge in [0, 0.05) is 10.5 Å². The van der Waals surface area contributed by atoms with Gasteiger partial charge in [-0.25, -0.2) is 4.79 Å². The van der Waals surface area contributed by atoms with Crippen molar-refractivity contribution in [2.45, 2.75) is 24.7 Å². The Morgan fingerprint density at radius 1 is 1.40 bits per heavy atom. The summed E-state index contributed by atoms with van der Waals surface area (Å²) in [6.45, 7) is 5.67. The molecule has 1 aromatic rings. The smallest absolute Gasteiger partial charge is 0.345 e. The van der Waals surface area contributed by atoms with E-state index in [0.717, 1.165) is 23.4 Å². The molecule has 0 spiro atoms. The summed E-state index contributed by atoms with van der Waals surface area (Å²) >= 11 is 1.07. The summed E-state index contributed by atoms with van der Waals surface area (Å²) in [5.41, 5.74) is 0.529. The van der Waals surface area contributed by atoms with Gasteiger partial charge >= 0.3 is 5.97 Å². The maximum Gasteiger partial charge on any atom is 0.345 e. The van der Waals surface area contributed by atoms with Crippen LogP contribution in [0.2, 0.25) is 0 Å². The summed E-state index contributed by atoms with van der Waals surface area (Å²) in [5.74, 6) is -0.328. The highest BCUT2D eigenvalue weighted by molar-refractivity contribution is 7.95. The maximum absolute atomic E-state index is 11.4. The number of benzene rings is 1. The van der Waals surface area contributed by atoms with E-state index in [9.17, 15) is 4.79 Å². The van der Waals surface area contributed by atoms with Gasteiger partial charge in [0.1, 0.15) is 0 Å². The summed E-state index contributed by atoms with van der Waals surface area (Å²) in [4.78, 5) is 12.3. The minimum Gasteiger partial charge on any atom is -0.383 e. The standard InChI is InChI=1S/C12H14O2S/c1-3-7-10(2)12(13)14-15-11-8-5-4-6-9-11/h4-6,8-9H,2-3,7H2,1H3. The largest absolute Gasteiger partial charge is 0.383 e. The van der Waals surface area contributed by atoms with Crippen molar-refractivity contribution in [2.24, 2.45) is 0 Å². The van der Waals surface area contributed by atoms with Gasteiger partial charge < -0.3 is 4.18 Å². The molecular formula is C12H14O2S. The Balaban J connectivity index is 2.38. The van der Waals surface area contributed by atoms with Crippen LogP contribution in [0.3, 0.4) is 0 Å². The zero-order valence-electron chi connectivity index (χ0n) is 8.73. The molecular weight excluding hydrogens is 208 g/mol. The van der Waals surface area contributed by atoms with Crippen LogP contribution in [0.4, 0.5) is 0 Å². The third-order valence-corrected chi connectivity index (χ3v) is 2.50. The second-order valence-corrected chi connectivity index (χ2v) is 3.93. The minimum atomic E-state index is -0.328. The van der Waals surface area contributed by atoms with Gasteiger partial charge in [0.15, 0.2) is 0 Å². The number of rotatable bonds is 5. The van der Waals surface area contributed by atoms with Crippen molar-refractivity contribution >= 4 is 18.0 Å². The van der Waals surface area contributed by atoms with Crippen molar-refractivity contribution in [3.63, 3.8) is 0 Å². The van der Waals surface area contributed by atoms with Crippen molar-refractivity contribution in [1.29, 1.82) is 0 Å². The van der Waals surface area contributed by atoms with Crippen LogP contribution in [0.1, 0.15) is 19.8 Å². The van der Waals surface area contributed by atoms with Crippen molar-refractivity contribution < 1.29 is 8.98 Å². The predicted molar refractivity (Wildman–Crippen MR) is 62.4 cm³/mol. The lowest BCUT2D eigenvalue weighted by Gasteiger charge is -2.03. The number of hydrogen-bond donors (Lipinski definition) is 0. The molecule has 2 nitrogen and oxygen atoms in total. The van der Waals surface area contributed by atoms with Gasteiger partial charge in [0.2, 0.25) is 0 Å². The van der Waals surface area contributed by atoms with E-state index in [0.29, 0.717) is 12.0 Å². The van der Waals surface area contributed by atoms with Crippen LogP contribution in [0.25, 0.3) is 0 Å². The quantitative estimate of drug-likeness (QED) is 0.562. The van der Waals surface area contributed by atoms with Crippen molar-refractivity contribution in [1.82, 2.24) is 0 Å². The van der Waals surface area contributed by atoms with Gasteiger partial charge in [-0.3, -0.25) is 0 Å². The summed E-state index contributed by atoms with van der Waals surface area (Å²) in [7, 11) is 0. The fourth-order valence-electron chi connectivity index (χ4n) is 1.02. The molecule has 0 atom stereocenters. The summed E-state index contributed by atoms with van der Waals surface area (Å²) in [6.07, 6.45) is 1.60. The second kappa shape index (κ2) is 6.30. The predicted octanol–water partition coefficient (Wildman–Crippen LogP) is 3.59. The highest BCUT2D eigenvalue weighted by atomic mass is 32.2. The Morgan fingerprint density at radius 3 is 2.67 bits per heavy atom. The molecule has 0 aromatic heterocycles. The van der Waals surface area contributed by atoms with Gasteiger partial charge in [-0.2, -0.15) is 0 Å². The number of hydrogen-bond acceptors (Lipinski definition) is 3. The van der Waals surface area contributed by atoms with Crippen LogP contribution in [-0.2, 0) is 8.98 Å². The van der Waals surface area contributed by atoms with E-state index in [2.05, 4.69) is 6.58 Å². The van der Waals surface area contributed by atoms with Crippen LogP contribution in [0.15, 0.2) is 47.4 Å². The zero-order chi connectivity index (χ0) is 11.1. The number of carbonyl (C=O) groups excluding carboxylic acids is 1. The Kier molecular flexibility index (Phi) is 4.98. The molecule has 15 heavy (non-hydrogen) atoms. The summed E-state index contributed by atoms with van der Waals surface area (Å²) < 4.78 is 5.02. The van der Waals surface area contributed by atoms with E-state index in [1.54, 1.807) is 0 Å². The molecule has 0 aliphatic carbocycles. The molecule has 0 saturated carbocycles. The first-order valence-electron chi connectivity index (χ1n) is 4.85. The van der Waals surface area contributed by atoms with Gasteiger partial charge in [-0.1, -0.05) is 38.1 Å². The first-order valence-corrected chi connectivity index (χ1v) is 5.60. The first kappa shape index (κ1) is 11.9. The number of carbonyl (C=O) groups is 1. The van der Waals surface area contributed by atoms with E-state index in [1.165, 1.54) is 0 Å². The molecule has 0 aliphatic rings. The van der Waals surface area contributed by atoms with Crippen LogP contribution in [0.5, 0.6) is 0 Å². The Labute approximate surface area is 94.5 Å². The molecule has 0 unspecified atom stereocenters. The lowest BCUT2D eigenvalue weighted by atomic mass is 10.2. The maximum atomic E-state index is 11.4. The third kappa shape index (κ3) is 4.21. The normalized spacial score (nSPS) is 9.67. The molecule has 0 heterocycles. The molecule has 0 N–H and O–H groups in total. The fourth-order valence-corrected chi connectivity index (χ4v) is 1.58. The van der Waals surface area contributed by atoms with Crippen LogP contribution in [-0.4, -0.2) is 5.97 Å². The van der Waals surface area contributed by atoms with Crippen molar-refractivity contribution in [3.05, 3.63) is 42.5 Å². The van der Waals surface area contributed by atoms with Crippen LogP contribution in [0, 0.1) is 0 Å². The minimum absolute atomic E-state index is 0.328. The fraction of sp³-hybridized carbons (Fsp3) is 0.250. The average Bonchev–Trinajstić information content (AvgIpc) is 2.27. The second-order valence-electron chi connectivity index (χ2n) is 3.12. The SMILES string of the molecule is C=C(CCC)C(=O)OSc1ccccc1. The van der Waals surface area contributed by atoms with Gasteiger partial charge in [-0.15, -0.1) is 0 Å². The van der Waals surface area contributed by atoms with Gasteiger partial charge in [0.05, 0.1) is 12.0 Å². The summed E-state index contributed by atoms with van der Waals surface area (Å²) in [6, 6.07) is 9.50. The molecule has 0 fully saturated rings. The molecule has 0 aliphatic heterocycles. The third-order valence-electron chi connectivity index (χ3n) is 1.80. The zero-order valence-corrected chi connectivity index (χ0v) is 9.55. The highest BCUT2D eigenvalue weighted by Gasteiger charge is 2.08. The van der Waals surface area contributed by atoms with E-state index in [-0.39, 0.29) is 5.97 Å². The average molecular weight is 222 g/mol. The summed E-state index contributed by atoms with van der Waals surface area (Å²) in [5, 5.41) is 0. The topological polar surface area (TPSA) is 26.3 Å². The molecule has 0 amide bonds. The molecule has 1 rings (SSSR count). The van der Waals surface area contributed by atoms with Gasteiger partial charge in [0.25, 0.3) is 0 Å². The van der Waals surface area contributed by atoms with Gasteiger partial charge in [-0.05, 0) is 18.6 Å². The van der Waals surface area contributed by atoms with E-state index < -0.39 is 0 Å². The van der Waals surface area contributed by atoms with Crippen molar-refractivity contribution in [2.75, 3.05) is 0 Å². The molecule has 80 valence electrons. The molecule has 1 aromatic carbocycles. The molecule has 0 saturated heterocycles. The molecule has 0 bridgehead atoms. The Bertz CT molecular complexity index is 333. The molecule has 0 radical (unpaired) electrons. The Morgan fingerprint density at radius 2 is 2.07 bits per heavy atom. The van der Waals surface area contributed by atoms with E-state index in [1.807, 2.05) is 37.3 Å². The van der Waals surface area contributed by atoms with E-state index in [4.69, 9.17) is 4.18 Å². The van der Waals surface area contributed by atoms with E-state index >= 15 is 0 Å². The van der Waals surface area contributed by atoms with Crippen LogP contribution < -0.4 is 0 Å². The van der Waals surface area contributed by atoms with Crippen LogP contribution >= 0.6 is 12.0 Å². The highest BCUT2D eigenvalue weighted by Crippen LogP contribution is 2.20.